The molecule has 6 nitrogen and oxygen atoms in total. The lowest BCUT2D eigenvalue weighted by Gasteiger charge is -2.33. The van der Waals surface area contributed by atoms with Crippen LogP contribution in [-0.2, 0) is 11.3 Å². The third-order valence-electron chi connectivity index (χ3n) is 8.66. The fourth-order valence-electron chi connectivity index (χ4n) is 6.26. The van der Waals surface area contributed by atoms with Gasteiger partial charge in [0, 0.05) is 35.8 Å². The van der Waals surface area contributed by atoms with Crippen LogP contribution in [0.15, 0.2) is 48.5 Å². The number of cyclic esters (lactones) is 1. The number of rotatable bonds is 7. The molecule has 2 aromatic carbocycles. The number of methoxy groups -OCH3 is 1. The van der Waals surface area contributed by atoms with Crippen LogP contribution in [0.1, 0.15) is 74.3 Å². The van der Waals surface area contributed by atoms with Gasteiger partial charge in [-0.15, -0.1) is 0 Å². The molecule has 1 amide bonds. The largest absolute Gasteiger partial charge is 0.496 e. The summed E-state index contributed by atoms with van der Waals surface area (Å²) in [6, 6.07) is 13.3. The monoisotopic (exact) mass is 547 g/mol. The van der Waals surface area contributed by atoms with Crippen molar-refractivity contribution in [1.82, 2.24) is 9.88 Å². The molecule has 2 atom stereocenters. The van der Waals surface area contributed by atoms with Gasteiger partial charge in [-0.2, -0.15) is 0 Å². The molecule has 1 saturated carbocycles. The van der Waals surface area contributed by atoms with Crippen molar-refractivity contribution in [3.05, 3.63) is 77.0 Å². The van der Waals surface area contributed by atoms with Gasteiger partial charge < -0.3 is 14.4 Å². The summed E-state index contributed by atoms with van der Waals surface area (Å²) in [5, 5.41) is 0. The number of halogens is 2. The van der Waals surface area contributed by atoms with Gasteiger partial charge in [0.2, 0.25) is 0 Å². The predicted octanol–water partition coefficient (Wildman–Crippen LogP) is 7.38. The maximum Gasteiger partial charge on any atom is 0.411 e. The highest BCUT2D eigenvalue weighted by Crippen LogP contribution is 2.41. The zero-order chi connectivity index (χ0) is 27.8. The normalized spacial score (nSPS) is 21.4. The fourth-order valence-corrected chi connectivity index (χ4v) is 6.26. The summed E-state index contributed by atoms with van der Waals surface area (Å²) >= 11 is 0. The zero-order valence-electron chi connectivity index (χ0n) is 23.0. The van der Waals surface area contributed by atoms with Crippen molar-refractivity contribution in [2.45, 2.75) is 70.1 Å². The van der Waals surface area contributed by atoms with Crippen LogP contribution in [0.25, 0.3) is 11.1 Å². The van der Waals surface area contributed by atoms with E-state index in [1.807, 2.05) is 19.1 Å². The van der Waals surface area contributed by atoms with Gasteiger partial charge in [-0.1, -0.05) is 25.3 Å². The standard InChI is InChI=1S/C32H35F2N3O3/c1-20-31(23-15-24(33)18-25(34)16-23)40-32(38)37(20)19-28-26(10-12-30(35-28)36-13-6-14-36)27-17-22(9-11-29(27)39-2)21-7-4-3-5-8-21/h9-12,15-18,20-21,31H,3-8,13-14,19H2,1-2H3/t20-,31-/m0/s1. The summed E-state index contributed by atoms with van der Waals surface area (Å²) in [7, 11) is 1.67. The van der Waals surface area contributed by atoms with Crippen molar-refractivity contribution in [1.29, 1.82) is 0 Å². The van der Waals surface area contributed by atoms with E-state index in [0.717, 1.165) is 54.0 Å². The third-order valence-corrected chi connectivity index (χ3v) is 8.66. The molecule has 3 aliphatic rings. The fraction of sp³-hybridized carbons (Fsp3) is 0.438. The van der Waals surface area contributed by atoms with E-state index in [9.17, 15) is 13.6 Å². The van der Waals surface area contributed by atoms with Crippen molar-refractivity contribution in [2.75, 3.05) is 25.1 Å². The summed E-state index contributed by atoms with van der Waals surface area (Å²) in [6.07, 6.45) is 5.95. The number of aromatic nitrogens is 1. The first-order valence-electron chi connectivity index (χ1n) is 14.3. The SMILES string of the molecule is COc1ccc(C2CCCCC2)cc1-c1ccc(N2CCC2)nc1CN1C(=O)O[C@H](c2cc(F)cc(F)c2)[C@@H]1C. The minimum atomic E-state index is -0.788. The van der Waals surface area contributed by atoms with E-state index in [0.29, 0.717) is 11.5 Å². The Morgan fingerprint density at radius 2 is 1.68 bits per heavy atom. The minimum absolute atomic E-state index is 0.197. The zero-order valence-corrected chi connectivity index (χ0v) is 23.0. The highest BCUT2D eigenvalue weighted by atomic mass is 19.1. The molecule has 6 rings (SSSR count). The highest BCUT2D eigenvalue weighted by molar-refractivity contribution is 5.76. The van der Waals surface area contributed by atoms with Crippen LogP contribution in [0, 0.1) is 11.6 Å². The van der Waals surface area contributed by atoms with Gasteiger partial charge in [-0.3, -0.25) is 4.90 Å². The average Bonchev–Trinajstić information content (AvgIpc) is 3.20. The Morgan fingerprint density at radius 1 is 0.925 bits per heavy atom. The topological polar surface area (TPSA) is 54.9 Å². The van der Waals surface area contributed by atoms with Gasteiger partial charge in [0.05, 0.1) is 25.4 Å². The lowest BCUT2D eigenvalue weighted by atomic mass is 9.83. The lowest BCUT2D eigenvalue weighted by Crippen LogP contribution is -2.38. The molecule has 1 aromatic heterocycles. The van der Waals surface area contributed by atoms with Gasteiger partial charge in [-0.05, 0) is 74.1 Å². The van der Waals surface area contributed by atoms with Crippen LogP contribution in [0.4, 0.5) is 19.4 Å². The van der Waals surface area contributed by atoms with Gasteiger partial charge in [0.1, 0.15) is 29.3 Å². The number of pyridine rings is 1. The molecule has 0 radical (unpaired) electrons. The van der Waals surface area contributed by atoms with E-state index in [2.05, 4.69) is 23.1 Å². The summed E-state index contributed by atoms with van der Waals surface area (Å²) in [4.78, 5) is 22.0. The van der Waals surface area contributed by atoms with E-state index < -0.39 is 29.9 Å². The average molecular weight is 548 g/mol. The van der Waals surface area contributed by atoms with Crippen LogP contribution in [0.2, 0.25) is 0 Å². The van der Waals surface area contributed by atoms with E-state index in [1.165, 1.54) is 49.8 Å². The number of hydrogen-bond acceptors (Lipinski definition) is 5. The first-order chi connectivity index (χ1) is 19.4. The molecular weight excluding hydrogens is 512 g/mol. The number of carbonyl (C=O) groups excluding carboxylic acids is 1. The molecule has 2 aliphatic heterocycles. The molecule has 210 valence electrons. The number of hydrogen-bond donors (Lipinski definition) is 0. The van der Waals surface area contributed by atoms with Crippen LogP contribution >= 0.6 is 0 Å². The molecule has 0 bridgehead atoms. The van der Waals surface area contributed by atoms with Gasteiger partial charge >= 0.3 is 6.09 Å². The number of anilines is 1. The molecule has 0 N–H and O–H groups in total. The van der Waals surface area contributed by atoms with Crippen molar-refractivity contribution >= 4 is 11.9 Å². The quantitative estimate of drug-likeness (QED) is 0.309. The molecule has 0 unspecified atom stereocenters. The second kappa shape index (κ2) is 11.1. The molecule has 40 heavy (non-hydrogen) atoms. The van der Waals surface area contributed by atoms with Crippen molar-refractivity contribution in [3.8, 4) is 16.9 Å². The number of carbonyl (C=O) groups is 1. The Bertz CT molecular complexity index is 1380. The number of benzene rings is 2. The number of amides is 1. The molecule has 3 aromatic rings. The van der Waals surface area contributed by atoms with E-state index in [4.69, 9.17) is 14.5 Å². The summed E-state index contributed by atoms with van der Waals surface area (Å²) in [5.74, 6) is 0.748. The van der Waals surface area contributed by atoms with Crippen LogP contribution in [-0.4, -0.2) is 42.2 Å². The van der Waals surface area contributed by atoms with E-state index >= 15 is 0 Å². The van der Waals surface area contributed by atoms with Crippen LogP contribution in [0.3, 0.4) is 0 Å². The van der Waals surface area contributed by atoms with Gasteiger partial charge in [0.25, 0.3) is 0 Å². The Kier molecular flexibility index (Phi) is 7.34. The summed E-state index contributed by atoms with van der Waals surface area (Å²) in [5.41, 5.74) is 4.19. The molecule has 8 heteroatoms. The Labute approximate surface area is 233 Å². The number of ether oxygens (including phenoxy) is 2. The van der Waals surface area contributed by atoms with Gasteiger partial charge in [-0.25, -0.2) is 18.6 Å². The van der Waals surface area contributed by atoms with Crippen LogP contribution in [0.5, 0.6) is 5.75 Å². The molecular formula is C32H35F2N3O3. The smallest absolute Gasteiger partial charge is 0.411 e. The summed E-state index contributed by atoms with van der Waals surface area (Å²) < 4.78 is 39.4. The Hall–Kier alpha value is -3.68. The molecule has 2 saturated heterocycles. The highest BCUT2D eigenvalue weighted by Gasteiger charge is 2.40. The second-order valence-electron chi connectivity index (χ2n) is 11.2. The predicted molar refractivity (Wildman–Crippen MR) is 149 cm³/mol. The maximum atomic E-state index is 14.0. The molecule has 3 fully saturated rings. The minimum Gasteiger partial charge on any atom is -0.496 e. The van der Waals surface area contributed by atoms with Crippen molar-refractivity contribution in [3.63, 3.8) is 0 Å². The van der Waals surface area contributed by atoms with E-state index in [1.54, 1.807) is 12.0 Å². The van der Waals surface area contributed by atoms with Crippen molar-refractivity contribution < 1.29 is 23.0 Å². The first-order valence-corrected chi connectivity index (χ1v) is 14.3. The molecule has 0 spiro atoms. The Balaban J connectivity index is 1.37. The first kappa shape index (κ1) is 26.5. The summed E-state index contributed by atoms with van der Waals surface area (Å²) in [6.45, 7) is 3.92. The van der Waals surface area contributed by atoms with Crippen molar-refractivity contribution in [2.24, 2.45) is 0 Å². The maximum absolute atomic E-state index is 14.0. The lowest BCUT2D eigenvalue weighted by molar-refractivity contribution is 0.130. The molecule has 3 heterocycles. The van der Waals surface area contributed by atoms with E-state index in [-0.39, 0.29) is 6.54 Å². The van der Waals surface area contributed by atoms with Gasteiger partial charge in [0.15, 0.2) is 0 Å². The molecule has 1 aliphatic carbocycles. The van der Waals surface area contributed by atoms with Crippen LogP contribution < -0.4 is 9.64 Å². The third kappa shape index (κ3) is 5.11. The second-order valence-corrected chi connectivity index (χ2v) is 11.2. The number of nitrogens with zero attached hydrogens (tertiary/aromatic N) is 3. The Morgan fingerprint density at radius 3 is 2.35 bits per heavy atom.